The standard InChI is InChI=1S/C21H27NO3/c1-5-19(25-20-14-16(3)6-9-17(20)4)21(23)22-12-13-24-18-10-7-15(2)8-11-18/h6-11,14,19H,5,12-13H2,1-4H3,(H,22,23)/t19-/m1/s1. The summed E-state index contributed by atoms with van der Waals surface area (Å²) < 4.78 is 11.5. The van der Waals surface area contributed by atoms with Crippen LogP contribution in [0.15, 0.2) is 42.5 Å². The van der Waals surface area contributed by atoms with Crippen LogP contribution in [0.3, 0.4) is 0 Å². The molecule has 0 spiro atoms. The van der Waals surface area contributed by atoms with Crippen molar-refractivity contribution < 1.29 is 14.3 Å². The smallest absolute Gasteiger partial charge is 0.261 e. The molecule has 2 aromatic carbocycles. The number of hydrogen-bond donors (Lipinski definition) is 1. The topological polar surface area (TPSA) is 47.6 Å². The molecule has 0 saturated heterocycles. The summed E-state index contributed by atoms with van der Waals surface area (Å²) in [6.07, 6.45) is 0.109. The fourth-order valence-corrected chi connectivity index (χ4v) is 2.40. The fraction of sp³-hybridized carbons (Fsp3) is 0.381. The maximum absolute atomic E-state index is 12.3. The van der Waals surface area contributed by atoms with Crippen molar-refractivity contribution in [2.24, 2.45) is 0 Å². The first kappa shape index (κ1) is 18.8. The van der Waals surface area contributed by atoms with Crippen LogP contribution in [0, 0.1) is 20.8 Å². The predicted octanol–water partition coefficient (Wildman–Crippen LogP) is 3.96. The van der Waals surface area contributed by atoms with Crippen molar-refractivity contribution in [2.75, 3.05) is 13.2 Å². The molecule has 0 aliphatic heterocycles. The number of amides is 1. The highest BCUT2D eigenvalue weighted by molar-refractivity contribution is 5.81. The predicted molar refractivity (Wildman–Crippen MR) is 100 cm³/mol. The van der Waals surface area contributed by atoms with E-state index in [-0.39, 0.29) is 5.91 Å². The molecule has 0 bridgehead atoms. The number of carbonyl (C=O) groups excluding carboxylic acids is 1. The van der Waals surface area contributed by atoms with Crippen LogP contribution in [0.1, 0.15) is 30.0 Å². The maximum Gasteiger partial charge on any atom is 0.261 e. The zero-order valence-electron chi connectivity index (χ0n) is 15.5. The second-order valence-electron chi connectivity index (χ2n) is 6.24. The molecule has 0 aliphatic rings. The van der Waals surface area contributed by atoms with E-state index in [1.54, 1.807) is 0 Å². The number of nitrogens with one attached hydrogen (secondary N) is 1. The van der Waals surface area contributed by atoms with E-state index in [1.807, 2.05) is 70.2 Å². The van der Waals surface area contributed by atoms with Gasteiger partial charge < -0.3 is 14.8 Å². The summed E-state index contributed by atoms with van der Waals surface area (Å²) in [7, 11) is 0. The van der Waals surface area contributed by atoms with E-state index in [2.05, 4.69) is 5.32 Å². The van der Waals surface area contributed by atoms with Crippen LogP contribution in [-0.4, -0.2) is 25.2 Å². The van der Waals surface area contributed by atoms with E-state index in [0.717, 1.165) is 22.6 Å². The van der Waals surface area contributed by atoms with Crippen molar-refractivity contribution >= 4 is 5.91 Å². The molecule has 0 aromatic heterocycles. The Morgan fingerprint density at radius 2 is 1.72 bits per heavy atom. The number of benzene rings is 2. The van der Waals surface area contributed by atoms with Gasteiger partial charge in [-0.05, 0) is 56.5 Å². The first-order chi connectivity index (χ1) is 12.0. The van der Waals surface area contributed by atoms with Crippen molar-refractivity contribution in [2.45, 2.75) is 40.2 Å². The van der Waals surface area contributed by atoms with Gasteiger partial charge in [0.05, 0.1) is 6.54 Å². The monoisotopic (exact) mass is 341 g/mol. The molecule has 0 radical (unpaired) electrons. The lowest BCUT2D eigenvalue weighted by Crippen LogP contribution is -2.39. The molecular weight excluding hydrogens is 314 g/mol. The second-order valence-corrected chi connectivity index (χ2v) is 6.24. The molecule has 134 valence electrons. The molecule has 0 aliphatic carbocycles. The summed E-state index contributed by atoms with van der Waals surface area (Å²) in [5.41, 5.74) is 3.33. The Labute approximate surface area is 150 Å². The Morgan fingerprint density at radius 1 is 1.04 bits per heavy atom. The normalized spacial score (nSPS) is 11.7. The van der Waals surface area contributed by atoms with Crippen molar-refractivity contribution in [1.82, 2.24) is 5.32 Å². The van der Waals surface area contributed by atoms with E-state index < -0.39 is 6.10 Å². The minimum Gasteiger partial charge on any atom is -0.492 e. The summed E-state index contributed by atoms with van der Waals surface area (Å²) >= 11 is 0. The highest BCUT2D eigenvalue weighted by atomic mass is 16.5. The zero-order valence-corrected chi connectivity index (χ0v) is 15.5. The van der Waals surface area contributed by atoms with Crippen molar-refractivity contribution in [1.29, 1.82) is 0 Å². The molecule has 2 aromatic rings. The third-order valence-corrected chi connectivity index (χ3v) is 3.97. The lowest BCUT2D eigenvalue weighted by molar-refractivity contribution is -0.128. The van der Waals surface area contributed by atoms with Gasteiger partial charge in [-0.2, -0.15) is 0 Å². The van der Waals surface area contributed by atoms with E-state index in [0.29, 0.717) is 19.6 Å². The van der Waals surface area contributed by atoms with Crippen LogP contribution < -0.4 is 14.8 Å². The molecule has 25 heavy (non-hydrogen) atoms. The fourth-order valence-electron chi connectivity index (χ4n) is 2.40. The van der Waals surface area contributed by atoms with E-state index in [4.69, 9.17) is 9.47 Å². The second kappa shape index (κ2) is 9.11. The Morgan fingerprint density at radius 3 is 2.40 bits per heavy atom. The minimum atomic E-state index is -0.500. The number of rotatable bonds is 8. The lowest BCUT2D eigenvalue weighted by atomic mass is 10.1. The summed E-state index contributed by atoms with van der Waals surface area (Å²) in [6, 6.07) is 13.9. The van der Waals surface area contributed by atoms with Gasteiger partial charge in [-0.3, -0.25) is 4.79 Å². The number of ether oxygens (including phenoxy) is 2. The van der Waals surface area contributed by atoms with Crippen LogP contribution >= 0.6 is 0 Å². The van der Waals surface area contributed by atoms with Crippen LogP contribution in [0.5, 0.6) is 11.5 Å². The third-order valence-electron chi connectivity index (χ3n) is 3.97. The lowest BCUT2D eigenvalue weighted by Gasteiger charge is -2.19. The van der Waals surface area contributed by atoms with Crippen LogP contribution in [-0.2, 0) is 4.79 Å². The zero-order chi connectivity index (χ0) is 18.2. The van der Waals surface area contributed by atoms with E-state index in [9.17, 15) is 4.79 Å². The first-order valence-corrected chi connectivity index (χ1v) is 8.70. The molecular formula is C21H27NO3. The Bertz CT molecular complexity index is 695. The molecule has 2 rings (SSSR count). The van der Waals surface area contributed by atoms with E-state index in [1.165, 1.54) is 5.56 Å². The number of carbonyl (C=O) groups is 1. The van der Waals surface area contributed by atoms with Crippen LogP contribution in [0.4, 0.5) is 0 Å². The largest absolute Gasteiger partial charge is 0.492 e. The highest BCUT2D eigenvalue weighted by Gasteiger charge is 2.18. The molecule has 0 saturated carbocycles. The van der Waals surface area contributed by atoms with Gasteiger partial charge in [0.25, 0.3) is 5.91 Å². The van der Waals surface area contributed by atoms with Gasteiger partial charge >= 0.3 is 0 Å². The van der Waals surface area contributed by atoms with Crippen LogP contribution in [0.2, 0.25) is 0 Å². The van der Waals surface area contributed by atoms with Crippen molar-refractivity contribution in [3.05, 3.63) is 59.2 Å². The van der Waals surface area contributed by atoms with Gasteiger partial charge in [0.15, 0.2) is 6.10 Å². The molecule has 0 heterocycles. The molecule has 4 heteroatoms. The summed E-state index contributed by atoms with van der Waals surface area (Å²) in [5.74, 6) is 1.45. The average molecular weight is 341 g/mol. The Balaban J connectivity index is 1.81. The molecule has 1 N–H and O–H groups in total. The third kappa shape index (κ3) is 5.82. The first-order valence-electron chi connectivity index (χ1n) is 8.70. The van der Waals surface area contributed by atoms with E-state index >= 15 is 0 Å². The van der Waals surface area contributed by atoms with Gasteiger partial charge in [0, 0.05) is 0 Å². The summed E-state index contributed by atoms with van der Waals surface area (Å²) in [4.78, 5) is 12.3. The maximum atomic E-state index is 12.3. The molecule has 4 nitrogen and oxygen atoms in total. The Hall–Kier alpha value is -2.49. The van der Waals surface area contributed by atoms with Crippen molar-refractivity contribution in [3.8, 4) is 11.5 Å². The quantitative estimate of drug-likeness (QED) is 0.739. The summed E-state index contributed by atoms with van der Waals surface area (Å²) in [6.45, 7) is 8.83. The Kier molecular flexibility index (Phi) is 6.87. The van der Waals surface area contributed by atoms with Crippen LogP contribution in [0.25, 0.3) is 0 Å². The number of hydrogen-bond acceptors (Lipinski definition) is 3. The number of aryl methyl sites for hydroxylation is 3. The minimum absolute atomic E-state index is 0.115. The van der Waals surface area contributed by atoms with Gasteiger partial charge in [-0.15, -0.1) is 0 Å². The highest BCUT2D eigenvalue weighted by Crippen LogP contribution is 2.21. The molecule has 1 atom stereocenters. The molecule has 0 fully saturated rings. The molecule has 0 unspecified atom stereocenters. The van der Waals surface area contributed by atoms with Crippen molar-refractivity contribution in [3.63, 3.8) is 0 Å². The summed E-state index contributed by atoms with van der Waals surface area (Å²) in [5, 5.41) is 2.88. The van der Waals surface area contributed by atoms with Gasteiger partial charge in [0.1, 0.15) is 18.1 Å². The van der Waals surface area contributed by atoms with Gasteiger partial charge in [0.2, 0.25) is 0 Å². The molecule has 1 amide bonds. The van der Waals surface area contributed by atoms with Gasteiger partial charge in [-0.1, -0.05) is 36.8 Å². The average Bonchev–Trinajstić information content (AvgIpc) is 2.60. The van der Waals surface area contributed by atoms with Gasteiger partial charge in [-0.25, -0.2) is 0 Å². The SMILES string of the molecule is CC[C@@H](Oc1cc(C)ccc1C)C(=O)NCCOc1ccc(C)cc1.